The number of hydrogen-bond donors (Lipinski definition) is 4. The van der Waals surface area contributed by atoms with E-state index in [1.54, 1.807) is 12.1 Å². The lowest BCUT2D eigenvalue weighted by Crippen LogP contribution is -2.30. The molecule has 0 aliphatic rings. The van der Waals surface area contributed by atoms with E-state index >= 15 is 0 Å². The van der Waals surface area contributed by atoms with Crippen LogP contribution < -0.4 is 21.7 Å². The fourth-order valence-electron chi connectivity index (χ4n) is 1.60. The maximum Gasteiger partial charge on any atom is 0.264 e. The second-order valence-corrected chi connectivity index (χ2v) is 5.91. The van der Waals surface area contributed by atoms with Gasteiger partial charge in [-0.25, -0.2) is 13.1 Å². The molecule has 0 saturated carbocycles. The molecule has 7 nitrogen and oxygen atoms in total. The molecular weight excluding hydrogens is 292 g/mol. The van der Waals surface area contributed by atoms with E-state index in [0.717, 1.165) is 0 Å². The van der Waals surface area contributed by atoms with Crippen LogP contribution in [0, 0.1) is 0 Å². The summed E-state index contributed by atoms with van der Waals surface area (Å²) in [5, 5.41) is 0. The van der Waals surface area contributed by atoms with Gasteiger partial charge in [-0.1, -0.05) is 0 Å². The van der Waals surface area contributed by atoms with Gasteiger partial charge in [-0.3, -0.25) is 10.6 Å². The highest BCUT2D eigenvalue weighted by atomic mass is 32.2. The molecule has 0 bridgehead atoms. The second kappa shape index (κ2) is 5.81. The molecule has 0 atom stereocenters. The maximum absolute atomic E-state index is 12.0. The van der Waals surface area contributed by atoms with Crippen LogP contribution in [0.3, 0.4) is 0 Å². The molecule has 21 heavy (non-hydrogen) atoms. The van der Waals surface area contributed by atoms with Crippen LogP contribution in [0.1, 0.15) is 10.4 Å². The van der Waals surface area contributed by atoms with Crippen LogP contribution in [0.4, 0.5) is 11.4 Å². The van der Waals surface area contributed by atoms with E-state index in [9.17, 15) is 13.2 Å². The fraction of sp³-hybridized carbons (Fsp3) is 0. The highest BCUT2D eigenvalue weighted by molar-refractivity contribution is 7.90. The normalized spacial score (nSPS) is 10.9. The number of carbonyl (C=O) groups is 1. The number of carbonyl (C=O) groups excluding carboxylic acids is 1. The zero-order chi connectivity index (χ0) is 15.5. The average molecular weight is 306 g/mol. The Morgan fingerprint density at radius 3 is 2.05 bits per heavy atom. The predicted octanol–water partition coefficient (Wildman–Crippen LogP) is 0.673. The molecule has 0 aliphatic carbocycles. The van der Waals surface area contributed by atoms with Crippen molar-refractivity contribution in [2.24, 2.45) is 5.84 Å². The zero-order valence-corrected chi connectivity index (χ0v) is 11.7. The third kappa shape index (κ3) is 3.50. The van der Waals surface area contributed by atoms with Crippen molar-refractivity contribution in [3.8, 4) is 0 Å². The van der Waals surface area contributed by atoms with Gasteiger partial charge in [-0.05, 0) is 48.5 Å². The molecule has 0 heterocycles. The molecule has 2 rings (SSSR count). The molecule has 2 aromatic rings. The molecule has 6 N–H and O–H groups in total. The van der Waals surface area contributed by atoms with Gasteiger partial charge in [0.25, 0.3) is 15.9 Å². The topological polar surface area (TPSA) is 127 Å². The molecular formula is C13H14N4O3S. The summed E-state index contributed by atoms with van der Waals surface area (Å²) in [6.07, 6.45) is 0. The summed E-state index contributed by atoms with van der Waals surface area (Å²) in [7, 11) is -3.94. The Kier molecular flexibility index (Phi) is 4.10. The Labute approximate surface area is 122 Å². The standard InChI is InChI=1S/C13H14N4O3S/c14-10-3-7-12(8-4-10)21(19,20)17-13(18)9-1-5-11(16-15)6-2-9/h1-8,16H,14-15H2,(H,17,18). The molecule has 1 amide bonds. The molecule has 0 aliphatic heterocycles. The minimum Gasteiger partial charge on any atom is -0.399 e. The summed E-state index contributed by atoms with van der Waals surface area (Å²) in [4.78, 5) is 11.9. The summed E-state index contributed by atoms with van der Waals surface area (Å²) in [5.41, 5.74) is 9.14. The van der Waals surface area contributed by atoms with E-state index in [1.807, 2.05) is 4.72 Å². The van der Waals surface area contributed by atoms with E-state index in [-0.39, 0.29) is 10.5 Å². The number of hydrazine groups is 1. The average Bonchev–Trinajstić information content (AvgIpc) is 2.47. The second-order valence-electron chi connectivity index (χ2n) is 4.23. The smallest absolute Gasteiger partial charge is 0.264 e. The van der Waals surface area contributed by atoms with Crippen LogP contribution in [0.2, 0.25) is 0 Å². The Balaban J connectivity index is 2.19. The molecule has 110 valence electrons. The van der Waals surface area contributed by atoms with Crippen molar-refractivity contribution in [2.45, 2.75) is 4.90 Å². The van der Waals surface area contributed by atoms with Crippen molar-refractivity contribution < 1.29 is 13.2 Å². The van der Waals surface area contributed by atoms with Crippen LogP contribution >= 0.6 is 0 Å². The van der Waals surface area contributed by atoms with Gasteiger partial charge in [0.2, 0.25) is 0 Å². The van der Waals surface area contributed by atoms with E-state index in [1.165, 1.54) is 36.4 Å². The lowest BCUT2D eigenvalue weighted by atomic mass is 10.2. The summed E-state index contributed by atoms with van der Waals surface area (Å²) in [6, 6.07) is 11.6. The third-order valence-electron chi connectivity index (χ3n) is 2.73. The molecule has 8 heteroatoms. The Hall–Kier alpha value is -2.58. The van der Waals surface area contributed by atoms with Crippen molar-refractivity contribution in [3.05, 3.63) is 54.1 Å². The van der Waals surface area contributed by atoms with Crippen LogP contribution in [0.15, 0.2) is 53.4 Å². The lowest BCUT2D eigenvalue weighted by Gasteiger charge is -2.08. The Morgan fingerprint density at radius 1 is 0.952 bits per heavy atom. The van der Waals surface area contributed by atoms with Gasteiger partial charge in [0.05, 0.1) is 4.90 Å². The van der Waals surface area contributed by atoms with Gasteiger partial charge in [0, 0.05) is 16.9 Å². The van der Waals surface area contributed by atoms with Gasteiger partial charge in [-0.2, -0.15) is 0 Å². The molecule has 2 aromatic carbocycles. The molecule has 0 radical (unpaired) electrons. The van der Waals surface area contributed by atoms with Crippen LogP contribution in [-0.2, 0) is 10.0 Å². The number of benzene rings is 2. The Morgan fingerprint density at radius 2 is 1.52 bits per heavy atom. The number of nitrogen functional groups attached to an aromatic ring is 2. The van der Waals surface area contributed by atoms with Crippen LogP contribution in [-0.4, -0.2) is 14.3 Å². The monoisotopic (exact) mass is 306 g/mol. The zero-order valence-electron chi connectivity index (χ0n) is 10.9. The SMILES string of the molecule is NNc1ccc(C(=O)NS(=O)(=O)c2ccc(N)cc2)cc1. The summed E-state index contributed by atoms with van der Waals surface area (Å²) in [5.74, 6) is 4.48. The molecule has 0 spiro atoms. The third-order valence-corrected chi connectivity index (χ3v) is 4.08. The van der Waals surface area contributed by atoms with Crippen LogP contribution in [0.5, 0.6) is 0 Å². The minimum atomic E-state index is -3.94. The van der Waals surface area contributed by atoms with E-state index in [0.29, 0.717) is 11.4 Å². The largest absolute Gasteiger partial charge is 0.399 e. The number of rotatable bonds is 4. The quantitative estimate of drug-likeness (QED) is 0.373. The molecule has 0 fully saturated rings. The minimum absolute atomic E-state index is 0.0368. The lowest BCUT2D eigenvalue weighted by molar-refractivity contribution is 0.0981. The predicted molar refractivity (Wildman–Crippen MR) is 79.8 cm³/mol. The number of nitrogens with two attached hydrogens (primary N) is 2. The highest BCUT2D eigenvalue weighted by Crippen LogP contribution is 2.13. The van der Waals surface area contributed by atoms with Gasteiger partial charge >= 0.3 is 0 Å². The van der Waals surface area contributed by atoms with Gasteiger partial charge in [0.15, 0.2) is 0 Å². The number of sulfonamides is 1. The van der Waals surface area contributed by atoms with Crippen molar-refractivity contribution in [1.82, 2.24) is 4.72 Å². The number of hydrogen-bond acceptors (Lipinski definition) is 6. The van der Waals surface area contributed by atoms with E-state index in [4.69, 9.17) is 11.6 Å². The summed E-state index contributed by atoms with van der Waals surface area (Å²) in [6.45, 7) is 0. The number of nitrogens with one attached hydrogen (secondary N) is 2. The van der Waals surface area contributed by atoms with Gasteiger partial charge in [0.1, 0.15) is 0 Å². The first-order chi connectivity index (χ1) is 9.92. The first-order valence-electron chi connectivity index (χ1n) is 5.92. The highest BCUT2D eigenvalue weighted by Gasteiger charge is 2.18. The van der Waals surface area contributed by atoms with Crippen molar-refractivity contribution in [2.75, 3.05) is 11.2 Å². The molecule has 0 unspecified atom stereocenters. The molecule has 0 saturated heterocycles. The van der Waals surface area contributed by atoms with Crippen molar-refractivity contribution in [3.63, 3.8) is 0 Å². The van der Waals surface area contributed by atoms with Crippen molar-refractivity contribution >= 4 is 27.3 Å². The van der Waals surface area contributed by atoms with E-state index in [2.05, 4.69) is 5.43 Å². The Bertz CT molecular complexity index is 740. The summed E-state index contributed by atoms with van der Waals surface area (Å²) < 4.78 is 26.1. The first-order valence-corrected chi connectivity index (χ1v) is 7.40. The summed E-state index contributed by atoms with van der Waals surface area (Å²) >= 11 is 0. The maximum atomic E-state index is 12.0. The first kappa shape index (κ1) is 14.8. The fourth-order valence-corrected chi connectivity index (χ4v) is 2.58. The van der Waals surface area contributed by atoms with E-state index < -0.39 is 15.9 Å². The number of amides is 1. The van der Waals surface area contributed by atoms with Gasteiger partial charge < -0.3 is 11.2 Å². The van der Waals surface area contributed by atoms with Crippen LogP contribution in [0.25, 0.3) is 0 Å². The van der Waals surface area contributed by atoms with Crippen molar-refractivity contribution in [1.29, 1.82) is 0 Å². The molecule has 0 aromatic heterocycles. The number of anilines is 2. The van der Waals surface area contributed by atoms with Gasteiger partial charge in [-0.15, -0.1) is 0 Å².